The molecule has 0 amide bonds. The fraction of sp³-hybridized carbons (Fsp3) is 0.647. The van der Waals surface area contributed by atoms with Crippen molar-refractivity contribution >= 4 is 0 Å². The first kappa shape index (κ1) is 15.4. The summed E-state index contributed by atoms with van der Waals surface area (Å²) in [5.74, 6) is -0.617. The van der Waals surface area contributed by atoms with E-state index in [0.717, 1.165) is 19.0 Å². The van der Waals surface area contributed by atoms with Gasteiger partial charge in [0.15, 0.2) is 0 Å². The van der Waals surface area contributed by atoms with Crippen LogP contribution in [0.25, 0.3) is 0 Å². The summed E-state index contributed by atoms with van der Waals surface area (Å²) in [6.45, 7) is 11.8. The van der Waals surface area contributed by atoms with Crippen LogP contribution < -0.4 is 5.32 Å². The highest BCUT2D eigenvalue weighted by atomic mass is 19.1. The Bertz CT molecular complexity index is 480. The summed E-state index contributed by atoms with van der Waals surface area (Å²) < 4.78 is 27.3. The smallest absolute Gasteiger partial charge is 0.130 e. The van der Waals surface area contributed by atoms with Gasteiger partial charge in [0.05, 0.1) is 0 Å². The first-order chi connectivity index (χ1) is 9.23. The quantitative estimate of drug-likeness (QED) is 0.825. The molecule has 1 fully saturated rings. The van der Waals surface area contributed by atoms with E-state index < -0.39 is 11.6 Å². The van der Waals surface area contributed by atoms with Gasteiger partial charge in [-0.15, -0.1) is 0 Å². The molecular weight excluding hydrogens is 256 g/mol. The predicted molar refractivity (Wildman–Crippen MR) is 78.4 cm³/mol. The van der Waals surface area contributed by atoms with Crippen molar-refractivity contribution in [3.8, 4) is 0 Å². The molecule has 1 aromatic carbocycles. The SMILES string of the molecule is CCCNC(c1ccc(F)cc1F)C1C(C)(C)C1(C)C. The normalized spacial score (nSPS) is 21.8. The lowest BCUT2D eigenvalue weighted by molar-refractivity contribution is 0.395. The third kappa shape index (κ3) is 2.37. The highest BCUT2D eigenvalue weighted by Crippen LogP contribution is 2.72. The summed E-state index contributed by atoms with van der Waals surface area (Å²) in [5.41, 5.74) is 0.891. The van der Waals surface area contributed by atoms with Crippen molar-refractivity contribution in [2.45, 2.75) is 47.1 Å². The Kier molecular flexibility index (Phi) is 3.94. The lowest BCUT2D eigenvalue weighted by atomic mass is 9.95. The van der Waals surface area contributed by atoms with E-state index in [1.807, 2.05) is 0 Å². The Balaban J connectivity index is 2.34. The molecule has 1 N–H and O–H groups in total. The van der Waals surface area contributed by atoms with Crippen LogP contribution in [0.15, 0.2) is 18.2 Å². The maximum atomic E-state index is 14.1. The molecule has 0 saturated heterocycles. The number of halogens is 2. The molecule has 1 nitrogen and oxygen atoms in total. The van der Waals surface area contributed by atoms with E-state index in [2.05, 4.69) is 39.9 Å². The minimum absolute atomic E-state index is 0.0550. The van der Waals surface area contributed by atoms with Crippen LogP contribution in [0, 0.1) is 28.4 Å². The van der Waals surface area contributed by atoms with Gasteiger partial charge in [-0.05, 0) is 35.8 Å². The van der Waals surface area contributed by atoms with Gasteiger partial charge in [0, 0.05) is 17.7 Å². The molecule has 112 valence electrons. The largest absolute Gasteiger partial charge is 0.310 e. The van der Waals surface area contributed by atoms with Crippen molar-refractivity contribution in [2.75, 3.05) is 6.54 Å². The summed E-state index contributed by atoms with van der Waals surface area (Å²) in [6.07, 6.45) is 0.993. The Morgan fingerprint density at radius 2 is 1.75 bits per heavy atom. The van der Waals surface area contributed by atoms with Crippen molar-refractivity contribution in [3.63, 3.8) is 0 Å². The maximum absolute atomic E-state index is 14.1. The van der Waals surface area contributed by atoms with Gasteiger partial charge in [-0.2, -0.15) is 0 Å². The third-order valence-corrected chi connectivity index (χ3v) is 5.38. The lowest BCUT2D eigenvalue weighted by Gasteiger charge is -2.22. The average molecular weight is 281 g/mol. The second kappa shape index (κ2) is 5.10. The van der Waals surface area contributed by atoms with Crippen LogP contribution in [-0.2, 0) is 0 Å². The zero-order valence-electron chi connectivity index (χ0n) is 13.1. The van der Waals surface area contributed by atoms with E-state index in [9.17, 15) is 8.78 Å². The molecule has 3 heteroatoms. The van der Waals surface area contributed by atoms with E-state index in [1.54, 1.807) is 6.07 Å². The van der Waals surface area contributed by atoms with Gasteiger partial charge >= 0.3 is 0 Å². The summed E-state index contributed by atoms with van der Waals surface area (Å²) >= 11 is 0. The minimum Gasteiger partial charge on any atom is -0.310 e. The van der Waals surface area contributed by atoms with Crippen molar-refractivity contribution in [2.24, 2.45) is 16.7 Å². The van der Waals surface area contributed by atoms with Crippen molar-refractivity contribution < 1.29 is 8.78 Å². The van der Waals surface area contributed by atoms with E-state index in [-0.39, 0.29) is 16.9 Å². The maximum Gasteiger partial charge on any atom is 0.130 e. The molecule has 0 bridgehead atoms. The Hall–Kier alpha value is -0.960. The number of hydrogen-bond donors (Lipinski definition) is 1. The molecule has 0 heterocycles. The van der Waals surface area contributed by atoms with Crippen LogP contribution in [0.2, 0.25) is 0 Å². The molecule has 1 unspecified atom stereocenters. The van der Waals surface area contributed by atoms with Crippen LogP contribution >= 0.6 is 0 Å². The summed E-state index contributed by atoms with van der Waals surface area (Å²) in [4.78, 5) is 0. The fourth-order valence-electron chi connectivity index (χ4n) is 3.54. The zero-order chi connectivity index (χ0) is 15.1. The third-order valence-electron chi connectivity index (χ3n) is 5.38. The molecule has 0 aromatic heterocycles. The number of benzene rings is 1. The molecule has 2 rings (SSSR count). The first-order valence-corrected chi connectivity index (χ1v) is 7.41. The number of nitrogens with one attached hydrogen (secondary N) is 1. The predicted octanol–water partition coefficient (Wildman–Crippen LogP) is 4.69. The molecule has 1 saturated carbocycles. The van der Waals surface area contributed by atoms with Crippen molar-refractivity contribution in [1.82, 2.24) is 5.32 Å². The average Bonchev–Trinajstić information content (AvgIpc) is 2.73. The second-order valence-electron chi connectivity index (χ2n) is 7.02. The number of hydrogen-bond acceptors (Lipinski definition) is 1. The van der Waals surface area contributed by atoms with Crippen LogP contribution in [0.4, 0.5) is 8.78 Å². The zero-order valence-corrected chi connectivity index (χ0v) is 13.1. The molecule has 1 aromatic rings. The molecule has 20 heavy (non-hydrogen) atoms. The van der Waals surface area contributed by atoms with Crippen molar-refractivity contribution in [3.05, 3.63) is 35.4 Å². The van der Waals surface area contributed by atoms with Crippen LogP contribution in [0.3, 0.4) is 0 Å². The first-order valence-electron chi connectivity index (χ1n) is 7.41. The fourth-order valence-corrected chi connectivity index (χ4v) is 3.54. The monoisotopic (exact) mass is 281 g/mol. The molecule has 1 aliphatic rings. The van der Waals surface area contributed by atoms with Gasteiger partial charge in [0.1, 0.15) is 11.6 Å². The Labute approximate surface area is 120 Å². The lowest BCUT2D eigenvalue weighted by Crippen LogP contribution is -2.27. The van der Waals surface area contributed by atoms with E-state index in [0.29, 0.717) is 11.5 Å². The second-order valence-corrected chi connectivity index (χ2v) is 7.02. The van der Waals surface area contributed by atoms with Gasteiger partial charge in [-0.1, -0.05) is 40.7 Å². The Morgan fingerprint density at radius 1 is 1.15 bits per heavy atom. The molecule has 1 atom stereocenters. The van der Waals surface area contributed by atoms with Crippen LogP contribution in [0.1, 0.15) is 52.6 Å². The minimum atomic E-state index is -0.519. The standard InChI is InChI=1S/C17H25F2N/c1-6-9-20-14(15-16(2,3)17(15,4)5)12-8-7-11(18)10-13(12)19/h7-8,10,14-15,20H,6,9H2,1-5H3. The van der Waals surface area contributed by atoms with E-state index in [1.165, 1.54) is 6.07 Å². The van der Waals surface area contributed by atoms with E-state index >= 15 is 0 Å². The molecular formula is C17H25F2N. The highest BCUT2D eigenvalue weighted by Gasteiger charge is 2.67. The molecule has 1 aliphatic carbocycles. The van der Waals surface area contributed by atoms with Gasteiger partial charge in [-0.3, -0.25) is 0 Å². The van der Waals surface area contributed by atoms with Gasteiger partial charge in [0.25, 0.3) is 0 Å². The topological polar surface area (TPSA) is 12.0 Å². The van der Waals surface area contributed by atoms with Gasteiger partial charge in [-0.25, -0.2) is 8.78 Å². The summed E-state index contributed by atoms with van der Waals surface area (Å²) in [5, 5.41) is 3.46. The van der Waals surface area contributed by atoms with Crippen LogP contribution in [0.5, 0.6) is 0 Å². The molecule has 0 radical (unpaired) electrons. The van der Waals surface area contributed by atoms with Crippen molar-refractivity contribution in [1.29, 1.82) is 0 Å². The summed E-state index contributed by atoms with van der Waals surface area (Å²) in [7, 11) is 0. The van der Waals surface area contributed by atoms with Gasteiger partial charge in [0.2, 0.25) is 0 Å². The van der Waals surface area contributed by atoms with E-state index in [4.69, 9.17) is 0 Å². The highest BCUT2D eigenvalue weighted by molar-refractivity contribution is 5.29. The summed E-state index contributed by atoms with van der Waals surface area (Å²) in [6, 6.07) is 3.86. The van der Waals surface area contributed by atoms with Gasteiger partial charge < -0.3 is 5.32 Å². The molecule has 0 spiro atoms. The number of rotatable bonds is 5. The Morgan fingerprint density at radius 3 is 2.20 bits per heavy atom. The molecule has 0 aliphatic heterocycles. The van der Waals surface area contributed by atoms with Crippen LogP contribution in [-0.4, -0.2) is 6.54 Å².